The fourth-order valence-electron chi connectivity index (χ4n) is 2.12. The molecule has 0 aromatic carbocycles. The third kappa shape index (κ3) is 3.68. The van der Waals surface area contributed by atoms with Crippen molar-refractivity contribution in [3.05, 3.63) is 41.9 Å². The molecule has 1 atom stereocenters. The molecule has 0 aliphatic carbocycles. The Morgan fingerprint density at radius 1 is 1.43 bits per heavy atom. The summed E-state index contributed by atoms with van der Waals surface area (Å²) < 4.78 is 0. The van der Waals surface area contributed by atoms with Gasteiger partial charge in [-0.25, -0.2) is 0 Å². The van der Waals surface area contributed by atoms with E-state index in [0.717, 1.165) is 5.56 Å². The Morgan fingerprint density at radius 3 is 2.67 bits per heavy atom. The fourth-order valence-corrected chi connectivity index (χ4v) is 2.12. The second-order valence-electron chi connectivity index (χ2n) is 6.34. The van der Waals surface area contributed by atoms with Crippen LogP contribution in [0.5, 0.6) is 0 Å². The van der Waals surface area contributed by atoms with Gasteiger partial charge in [-0.2, -0.15) is 0 Å². The van der Waals surface area contributed by atoms with Crippen molar-refractivity contribution in [2.75, 3.05) is 0 Å². The minimum atomic E-state index is -0.521. The van der Waals surface area contributed by atoms with Gasteiger partial charge in [0.25, 0.3) is 5.91 Å². The van der Waals surface area contributed by atoms with Gasteiger partial charge >= 0.3 is 0 Å². The third-order valence-corrected chi connectivity index (χ3v) is 3.52. The van der Waals surface area contributed by atoms with E-state index in [1.165, 1.54) is 0 Å². The van der Waals surface area contributed by atoms with E-state index in [4.69, 9.17) is 0 Å². The van der Waals surface area contributed by atoms with E-state index in [9.17, 15) is 9.59 Å². The summed E-state index contributed by atoms with van der Waals surface area (Å²) in [6.45, 7) is 9.97. The van der Waals surface area contributed by atoms with Crippen LogP contribution in [0.15, 0.2) is 30.6 Å². The van der Waals surface area contributed by atoms with Crippen molar-refractivity contribution in [1.82, 2.24) is 15.6 Å². The molecule has 1 aromatic heterocycles. The molecule has 1 fully saturated rings. The van der Waals surface area contributed by atoms with Crippen LogP contribution in [-0.2, 0) is 10.2 Å². The molecule has 1 unspecified atom stereocenters. The highest BCUT2D eigenvalue weighted by atomic mass is 16.2. The zero-order valence-electron chi connectivity index (χ0n) is 12.7. The molecule has 1 aliphatic heterocycles. The van der Waals surface area contributed by atoms with Crippen molar-refractivity contribution < 1.29 is 9.59 Å². The number of rotatable bonds is 2. The molecule has 0 spiro atoms. The Kier molecular flexibility index (Phi) is 4.11. The number of carbonyl (C=O) groups is 2. The molecule has 5 heteroatoms. The molecule has 2 heterocycles. The van der Waals surface area contributed by atoms with E-state index in [1.807, 2.05) is 6.07 Å². The first-order valence-corrected chi connectivity index (χ1v) is 7.03. The van der Waals surface area contributed by atoms with E-state index in [1.54, 1.807) is 12.3 Å². The predicted molar refractivity (Wildman–Crippen MR) is 80.7 cm³/mol. The number of amides is 2. The Bertz CT molecular complexity index is 570. The van der Waals surface area contributed by atoms with Crippen LogP contribution in [0.2, 0.25) is 0 Å². The molecular formula is C16H21N3O2. The maximum absolute atomic E-state index is 12.1. The summed E-state index contributed by atoms with van der Waals surface area (Å²) in [6, 6.07) is 3.06. The summed E-state index contributed by atoms with van der Waals surface area (Å²) in [4.78, 5) is 28.1. The van der Waals surface area contributed by atoms with Crippen molar-refractivity contribution in [3.8, 4) is 0 Å². The van der Waals surface area contributed by atoms with Crippen LogP contribution in [0, 0.1) is 0 Å². The zero-order chi connectivity index (χ0) is 15.6. The number of aromatic nitrogens is 1. The Labute approximate surface area is 124 Å². The lowest BCUT2D eigenvalue weighted by atomic mass is 9.88. The number of pyridine rings is 1. The summed E-state index contributed by atoms with van der Waals surface area (Å²) in [5, 5.41) is 5.36. The van der Waals surface area contributed by atoms with Crippen molar-refractivity contribution in [2.24, 2.45) is 0 Å². The van der Waals surface area contributed by atoms with Gasteiger partial charge in [0.1, 0.15) is 11.7 Å². The maximum atomic E-state index is 12.1. The van der Waals surface area contributed by atoms with Crippen LogP contribution in [0.3, 0.4) is 0 Å². The largest absolute Gasteiger partial charge is 0.339 e. The highest BCUT2D eigenvalue weighted by molar-refractivity contribution is 5.96. The van der Waals surface area contributed by atoms with Crippen LogP contribution in [0.25, 0.3) is 0 Å². The van der Waals surface area contributed by atoms with Gasteiger partial charge in [-0.15, -0.1) is 0 Å². The van der Waals surface area contributed by atoms with Crippen molar-refractivity contribution in [2.45, 2.75) is 45.1 Å². The maximum Gasteiger partial charge on any atom is 0.270 e. The molecule has 0 bridgehead atoms. The van der Waals surface area contributed by atoms with Gasteiger partial charge in [0, 0.05) is 11.9 Å². The molecule has 5 nitrogen and oxygen atoms in total. The van der Waals surface area contributed by atoms with E-state index in [0.29, 0.717) is 24.2 Å². The Balaban J connectivity index is 2.04. The van der Waals surface area contributed by atoms with Gasteiger partial charge in [0.05, 0.1) is 0 Å². The molecule has 21 heavy (non-hydrogen) atoms. The topological polar surface area (TPSA) is 71.1 Å². The van der Waals surface area contributed by atoms with Crippen molar-refractivity contribution in [1.29, 1.82) is 0 Å². The van der Waals surface area contributed by atoms with E-state index >= 15 is 0 Å². The van der Waals surface area contributed by atoms with Crippen LogP contribution in [0.1, 0.15) is 49.7 Å². The first-order valence-electron chi connectivity index (χ1n) is 7.03. The predicted octanol–water partition coefficient (Wildman–Crippen LogP) is 1.90. The highest BCUT2D eigenvalue weighted by Gasteiger charge is 2.26. The van der Waals surface area contributed by atoms with Gasteiger partial charge in [-0.1, -0.05) is 33.4 Å². The van der Waals surface area contributed by atoms with Gasteiger partial charge in [0.2, 0.25) is 5.91 Å². The normalized spacial score (nSPS) is 19.1. The average Bonchev–Trinajstić information content (AvgIpc) is 2.41. The van der Waals surface area contributed by atoms with E-state index in [2.05, 4.69) is 43.0 Å². The first-order chi connectivity index (χ1) is 9.77. The Morgan fingerprint density at radius 2 is 2.14 bits per heavy atom. The van der Waals surface area contributed by atoms with E-state index < -0.39 is 6.04 Å². The molecular weight excluding hydrogens is 266 g/mol. The lowest BCUT2D eigenvalue weighted by Crippen LogP contribution is -2.49. The molecule has 2 N–H and O–H groups in total. The molecule has 1 aliphatic rings. The number of allylic oxidation sites excluding steroid dienone is 1. The quantitative estimate of drug-likeness (QED) is 0.872. The molecule has 1 aromatic rings. The Hall–Kier alpha value is -2.17. The lowest BCUT2D eigenvalue weighted by molar-refractivity contribution is -0.123. The summed E-state index contributed by atoms with van der Waals surface area (Å²) in [6.07, 6.45) is 2.95. The molecule has 2 amide bonds. The van der Waals surface area contributed by atoms with Crippen molar-refractivity contribution in [3.63, 3.8) is 0 Å². The number of carbonyl (C=O) groups excluding carboxylic acids is 2. The molecule has 1 saturated heterocycles. The number of hydrogen-bond acceptors (Lipinski definition) is 3. The molecule has 2 rings (SSSR count). The van der Waals surface area contributed by atoms with Gasteiger partial charge in [-0.3, -0.25) is 14.6 Å². The summed E-state index contributed by atoms with van der Waals surface area (Å²) in [5.74, 6) is -0.547. The van der Waals surface area contributed by atoms with Crippen LogP contribution in [0.4, 0.5) is 0 Å². The van der Waals surface area contributed by atoms with E-state index in [-0.39, 0.29) is 17.2 Å². The first kappa shape index (κ1) is 15.2. The number of nitrogens with zero attached hydrogens (tertiary/aromatic N) is 1. The highest BCUT2D eigenvalue weighted by Crippen LogP contribution is 2.21. The summed E-state index contributed by atoms with van der Waals surface area (Å²) in [5.41, 5.74) is 2.06. The number of hydrogen-bond donors (Lipinski definition) is 2. The monoisotopic (exact) mass is 287 g/mol. The van der Waals surface area contributed by atoms with Gasteiger partial charge < -0.3 is 10.6 Å². The summed E-state index contributed by atoms with van der Waals surface area (Å²) >= 11 is 0. The van der Waals surface area contributed by atoms with Gasteiger partial charge in [-0.05, 0) is 29.9 Å². The number of nitrogens with one attached hydrogen (secondary N) is 2. The minimum Gasteiger partial charge on any atom is -0.339 e. The fraction of sp³-hybridized carbons (Fsp3) is 0.438. The molecule has 0 saturated carbocycles. The number of piperidine rings is 1. The smallest absolute Gasteiger partial charge is 0.270 e. The van der Waals surface area contributed by atoms with Crippen LogP contribution < -0.4 is 10.6 Å². The summed E-state index contributed by atoms with van der Waals surface area (Å²) in [7, 11) is 0. The zero-order valence-corrected chi connectivity index (χ0v) is 12.7. The van der Waals surface area contributed by atoms with Crippen LogP contribution >= 0.6 is 0 Å². The lowest BCUT2D eigenvalue weighted by Gasteiger charge is -2.24. The molecule has 0 radical (unpaired) electrons. The SMILES string of the molecule is C=C1CCC(NC(=O)c2ccc(C(C)(C)C)cn2)C(=O)N1. The van der Waals surface area contributed by atoms with Gasteiger partial charge in [0.15, 0.2) is 0 Å². The average molecular weight is 287 g/mol. The molecule has 112 valence electrons. The second kappa shape index (κ2) is 5.68. The second-order valence-corrected chi connectivity index (χ2v) is 6.34. The van der Waals surface area contributed by atoms with Crippen LogP contribution in [-0.4, -0.2) is 22.8 Å². The third-order valence-electron chi connectivity index (χ3n) is 3.52. The standard InChI is InChI=1S/C16H21N3O2/c1-10-5-7-13(15(21)18-10)19-14(20)12-8-6-11(9-17-12)16(2,3)4/h6,8-9,13H,1,5,7H2,2-4H3,(H,18,21)(H,19,20). The minimum absolute atomic E-state index is 0.00831. The van der Waals surface area contributed by atoms with Crippen molar-refractivity contribution >= 4 is 11.8 Å².